The van der Waals surface area contributed by atoms with Crippen LogP contribution < -0.4 is 10.6 Å². The van der Waals surface area contributed by atoms with Crippen molar-refractivity contribution in [1.82, 2.24) is 10.6 Å². The van der Waals surface area contributed by atoms with E-state index in [9.17, 15) is 18.0 Å². The van der Waals surface area contributed by atoms with E-state index in [4.69, 9.17) is 0 Å². The average Bonchev–Trinajstić information content (AvgIpc) is 2.35. The Balaban J connectivity index is 2.72. The zero-order valence-electron chi connectivity index (χ0n) is 10.8. The number of nitrogens with one attached hydrogen (secondary N) is 2. The fourth-order valence-electron chi connectivity index (χ4n) is 1.62. The van der Waals surface area contributed by atoms with E-state index in [0.717, 1.165) is 12.1 Å². The Morgan fingerprint density at radius 2 is 2.05 bits per heavy atom. The number of carbonyl (C=O) groups excluding carboxylic acids is 1. The lowest BCUT2D eigenvalue weighted by Crippen LogP contribution is -2.29. The zero-order chi connectivity index (χ0) is 14.5. The fourth-order valence-corrected chi connectivity index (χ4v) is 1.62. The van der Waals surface area contributed by atoms with Crippen LogP contribution >= 0.6 is 0 Å². The van der Waals surface area contributed by atoms with Crippen LogP contribution in [0.4, 0.5) is 13.2 Å². The van der Waals surface area contributed by atoms with Crippen LogP contribution in [0.1, 0.15) is 30.5 Å². The topological polar surface area (TPSA) is 41.1 Å². The van der Waals surface area contributed by atoms with Crippen molar-refractivity contribution in [3.05, 3.63) is 35.4 Å². The number of alkyl halides is 3. The third-order valence-corrected chi connectivity index (χ3v) is 2.69. The average molecular weight is 274 g/mol. The third-order valence-electron chi connectivity index (χ3n) is 2.69. The molecule has 0 saturated carbocycles. The van der Waals surface area contributed by atoms with Crippen LogP contribution in [0.3, 0.4) is 0 Å². The Kier molecular flexibility index (Phi) is 5.35. The van der Waals surface area contributed by atoms with Gasteiger partial charge in [-0.2, -0.15) is 13.2 Å². The van der Waals surface area contributed by atoms with E-state index in [1.54, 1.807) is 20.0 Å². The molecule has 19 heavy (non-hydrogen) atoms. The van der Waals surface area contributed by atoms with Gasteiger partial charge in [0.25, 0.3) is 0 Å². The van der Waals surface area contributed by atoms with Crippen molar-refractivity contribution >= 4 is 5.91 Å². The summed E-state index contributed by atoms with van der Waals surface area (Å²) in [5.74, 6) is -0.195. The first-order valence-corrected chi connectivity index (χ1v) is 5.95. The summed E-state index contributed by atoms with van der Waals surface area (Å²) in [7, 11) is 1.73. The van der Waals surface area contributed by atoms with Crippen molar-refractivity contribution in [3.63, 3.8) is 0 Å². The van der Waals surface area contributed by atoms with Crippen LogP contribution in [0.2, 0.25) is 0 Å². The van der Waals surface area contributed by atoms with Gasteiger partial charge in [0, 0.05) is 13.0 Å². The van der Waals surface area contributed by atoms with Crippen molar-refractivity contribution in [1.29, 1.82) is 0 Å². The summed E-state index contributed by atoms with van der Waals surface area (Å²) < 4.78 is 37.7. The summed E-state index contributed by atoms with van der Waals surface area (Å²) in [5, 5.41) is 5.49. The first-order valence-electron chi connectivity index (χ1n) is 5.95. The fraction of sp³-hybridized carbons (Fsp3) is 0.462. The Labute approximate surface area is 110 Å². The summed E-state index contributed by atoms with van der Waals surface area (Å²) in [6, 6.07) is 4.53. The maximum absolute atomic E-state index is 12.6. The van der Waals surface area contributed by atoms with Crippen LogP contribution in [0, 0.1) is 0 Å². The molecule has 0 saturated heterocycles. The molecule has 0 aliphatic heterocycles. The van der Waals surface area contributed by atoms with Gasteiger partial charge in [0.1, 0.15) is 0 Å². The van der Waals surface area contributed by atoms with Gasteiger partial charge in [0.05, 0.1) is 11.6 Å². The minimum Gasteiger partial charge on any atom is -0.350 e. The Bertz CT molecular complexity index is 432. The summed E-state index contributed by atoms with van der Waals surface area (Å²) in [5.41, 5.74) is -0.269. The molecule has 1 aromatic carbocycles. The van der Waals surface area contributed by atoms with Gasteiger partial charge in [-0.25, -0.2) is 0 Å². The highest BCUT2D eigenvalue weighted by molar-refractivity contribution is 5.76. The van der Waals surface area contributed by atoms with Crippen LogP contribution in [0.25, 0.3) is 0 Å². The van der Waals surface area contributed by atoms with E-state index < -0.39 is 17.8 Å². The second-order valence-electron chi connectivity index (χ2n) is 4.27. The van der Waals surface area contributed by atoms with Crippen molar-refractivity contribution in [2.75, 3.05) is 13.6 Å². The largest absolute Gasteiger partial charge is 0.416 e. The summed E-state index contributed by atoms with van der Waals surface area (Å²) in [4.78, 5) is 11.5. The Morgan fingerprint density at radius 1 is 1.37 bits per heavy atom. The minimum absolute atomic E-state index is 0.195. The summed E-state index contributed by atoms with van der Waals surface area (Å²) in [6.07, 6.45) is -4.08. The molecule has 0 radical (unpaired) electrons. The summed E-state index contributed by atoms with van der Waals surface area (Å²) in [6.45, 7) is 2.19. The van der Waals surface area contributed by atoms with Crippen LogP contribution in [0.15, 0.2) is 24.3 Å². The van der Waals surface area contributed by atoms with E-state index >= 15 is 0 Å². The van der Waals surface area contributed by atoms with Gasteiger partial charge in [-0.1, -0.05) is 12.1 Å². The molecule has 0 fully saturated rings. The number of benzene rings is 1. The second-order valence-corrected chi connectivity index (χ2v) is 4.27. The predicted octanol–water partition coefficient (Wildman–Crippen LogP) is 2.49. The highest BCUT2D eigenvalue weighted by Crippen LogP contribution is 2.30. The lowest BCUT2D eigenvalue weighted by molar-refractivity contribution is -0.137. The van der Waals surface area contributed by atoms with E-state index in [0.29, 0.717) is 18.5 Å². The van der Waals surface area contributed by atoms with E-state index in [2.05, 4.69) is 10.6 Å². The monoisotopic (exact) mass is 274 g/mol. The first-order chi connectivity index (χ1) is 8.84. The number of hydrogen-bond acceptors (Lipinski definition) is 2. The van der Waals surface area contributed by atoms with Crippen molar-refractivity contribution in [2.45, 2.75) is 25.6 Å². The molecule has 0 aliphatic carbocycles. The summed E-state index contributed by atoms with van der Waals surface area (Å²) >= 11 is 0. The smallest absolute Gasteiger partial charge is 0.350 e. The van der Waals surface area contributed by atoms with Gasteiger partial charge in [-0.15, -0.1) is 0 Å². The molecule has 0 aliphatic rings. The maximum atomic E-state index is 12.6. The number of halogens is 3. The molecule has 6 heteroatoms. The molecule has 0 aromatic heterocycles. The number of hydrogen-bond donors (Lipinski definition) is 2. The molecule has 0 heterocycles. The lowest BCUT2D eigenvalue weighted by Gasteiger charge is -2.16. The van der Waals surface area contributed by atoms with Crippen LogP contribution in [-0.2, 0) is 11.0 Å². The first kappa shape index (κ1) is 15.5. The van der Waals surface area contributed by atoms with Crippen molar-refractivity contribution in [2.24, 2.45) is 0 Å². The minimum atomic E-state index is -4.37. The molecule has 1 rings (SSSR count). The molecule has 106 valence electrons. The second kappa shape index (κ2) is 6.56. The predicted molar refractivity (Wildman–Crippen MR) is 66.5 cm³/mol. The molecule has 1 aromatic rings. The van der Waals surface area contributed by atoms with Crippen LogP contribution in [0.5, 0.6) is 0 Å². The van der Waals surface area contributed by atoms with Crippen LogP contribution in [-0.4, -0.2) is 19.5 Å². The van der Waals surface area contributed by atoms with E-state index in [-0.39, 0.29) is 5.91 Å². The van der Waals surface area contributed by atoms with Gasteiger partial charge < -0.3 is 10.6 Å². The third kappa shape index (κ3) is 4.90. The molecule has 1 atom stereocenters. The SMILES string of the molecule is CNCCC(=O)NC(C)c1cccc(C(F)(F)F)c1. The highest BCUT2D eigenvalue weighted by atomic mass is 19.4. The van der Waals surface area contributed by atoms with Gasteiger partial charge in [-0.3, -0.25) is 4.79 Å². The van der Waals surface area contributed by atoms with Crippen molar-refractivity contribution < 1.29 is 18.0 Å². The molecule has 2 N–H and O–H groups in total. The number of carbonyl (C=O) groups is 1. The number of amides is 1. The van der Waals surface area contributed by atoms with E-state index in [1.165, 1.54) is 6.07 Å². The number of rotatable bonds is 5. The standard InChI is InChI=1S/C13H17F3N2O/c1-9(18-12(19)6-7-17-2)10-4-3-5-11(8-10)13(14,15)16/h3-5,8-9,17H,6-7H2,1-2H3,(H,18,19). The van der Waals surface area contributed by atoms with E-state index in [1.807, 2.05) is 0 Å². The molecule has 1 unspecified atom stereocenters. The maximum Gasteiger partial charge on any atom is 0.416 e. The zero-order valence-corrected chi connectivity index (χ0v) is 10.8. The Hall–Kier alpha value is -1.56. The molecular weight excluding hydrogens is 257 g/mol. The molecule has 3 nitrogen and oxygen atoms in total. The van der Waals surface area contributed by atoms with Crippen molar-refractivity contribution in [3.8, 4) is 0 Å². The normalized spacial score (nSPS) is 13.1. The highest BCUT2D eigenvalue weighted by Gasteiger charge is 2.30. The Morgan fingerprint density at radius 3 is 2.63 bits per heavy atom. The molecule has 0 spiro atoms. The van der Waals surface area contributed by atoms with Gasteiger partial charge >= 0.3 is 6.18 Å². The molecule has 1 amide bonds. The molecule has 0 bridgehead atoms. The van der Waals surface area contributed by atoms with Gasteiger partial charge in [0.15, 0.2) is 0 Å². The van der Waals surface area contributed by atoms with Gasteiger partial charge in [0.2, 0.25) is 5.91 Å². The quantitative estimate of drug-likeness (QED) is 0.866. The molecular formula is C13H17F3N2O. The lowest BCUT2D eigenvalue weighted by atomic mass is 10.0. The van der Waals surface area contributed by atoms with Gasteiger partial charge in [-0.05, 0) is 31.7 Å².